The minimum atomic E-state index is -0.950. The van der Waals surface area contributed by atoms with Crippen molar-refractivity contribution in [3.05, 3.63) is 29.8 Å². The van der Waals surface area contributed by atoms with E-state index in [-0.39, 0.29) is 18.2 Å². The van der Waals surface area contributed by atoms with Crippen LogP contribution in [-0.2, 0) is 15.1 Å². The maximum Gasteiger partial charge on any atom is 0.306 e. The van der Waals surface area contributed by atoms with Gasteiger partial charge in [0.25, 0.3) is 0 Å². The topological polar surface area (TPSA) is 75.6 Å². The number of carbonyl (C=O) groups is 2. The third-order valence-corrected chi connectivity index (χ3v) is 4.59. The fourth-order valence-electron chi connectivity index (χ4n) is 3.23. The van der Waals surface area contributed by atoms with Gasteiger partial charge < -0.3 is 15.2 Å². The normalized spacial score (nSPS) is 18.0. The Kier molecular flexibility index (Phi) is 5.64. The Labute approximate surface area is 137 Å². The van der Waals surface area contributed by atoms with Crippen molar-refractivity contribution < 1.29 is 19.4 Å². The summed E-state index contributed by atoms with van der Waals surface area (Å²) in [6.45, 7) is 1.76. The number of methoxy groups -OCH3 is 1. The SMILES string of the molecule is COc1cccc(C(C)(CC(=O)O)NC(=O)C2CCCCC2)c1. The fraction of sp³-hybridized carbons (Fsp3) is 0.556. The van der Waals surface area contributed by atoms with Crippen LogP contribution < -0.4 is 10.1 Å². The standard InChI is InChI=1S/C18H25NO4/c1-18(12-16(20)21,14-9-6-10-15(11-14)23-2)19-17(22)13-7-4-3-5-8-13/h6,9-11,13H,3-5,7-8,12H2,1-2H3,(H,19,22)(H,20,21). The van der Waals surface area contributed by atoms with Crippen molar-refractivity contribution in [1.82, 2.24) is 5.32 Å². The molecule has 0 heterocycles. The lowest BCUT2D eigenvalue weighted by molar-refractivity contribution is -0.139. The molecule has 1 aliphatic rings. The molecule has 0 aromatic heterocycles. The van der Waals surface area contributed by atoms with Gasteiger partial charge >= 0.3 is 5.97 Å². The number of carboxylic acids is 1. The van der Waals surface area contributed by atoms with Gasteiger partial charge in [-0.05, 0) is 37.5 Å². The van der Waals surface area contributed by atoms with Crippen molar-refractivity contribution in [2.75, 3.05) is 7.11 Å². The molecule has 126 valence electrons. The molecule has 5 nitrogen and oxygen atoms in total. The van der Waals surface area contributed by atoms with Crippen LogP contribution in [0.4, 0.5) is 0 Å². The van der Waals surface area contributed by atoms with Gasteiger partial charge in [-0.1, -0.05) is 31.4 Å². The molecule has 0 saturated heterocycles. The first-order valence-electron chi connectivity index (χ1n) is 8.13. The second-order valence-electron chi connectivity index (χ2n) is 6.46. The van der Waals surface area contributed by atoms with E-state index in [1.165, 1.54) is 6.42 Å². The van der Waals surface area contributed by atoms with Crippen LogP contribution in [0.1, 0.15) is 51.0 Å². The summed E-state index contributed by atoms with van der Waals surface area (Å²) in [7, 11) is 1.56. The first kappa shape index (κ1) is 17.3. The summed E-state index contributed by atoms with van der Waals surface area (Å²) in [4.78, 5) is 23.9. The first-order chi connectivity index (χ1) is 10.9. The highest BCUT2D eigenvalue weighted by molar-refractivity contribution is 5.81. The number of hydrogen-bond acceptors (Lipinski definition) is 3. The number of nitrogens with one attached hydrogen (secondary N) is 1. The Morgan fingerprint density at radius 3 is 2.61 bits per heavy atom. The van der Waals surface area contributed by atoms with Crippen LogP contribution in [0.2, 0.25) is 0 Å². The van der Waals surface area contributed by atoms with E-state index in [9.17, 15) is 14.7 Å². The predicted octanol–water partition coefficient (Wildman–Crippen LogP) is 3.08. The monoisotopic (exact) mass is 319 g/mol. The Bertz CT molecular complexity index is 566. The van der Waals surface area contributed by atoms with E-state index in [0.717, 1.165) is 31.2 Å². The molecule has 0 bridgehead atoms. The van der Waals surface area contributed by atoms with Gasteiger partial charge in [0.15, 0.2) is 0 Å². The molecule has 1 unspecified atom stereocenters. The Morgan fingerprint density at radius 2 is 2.00 bits per heavy atom. The first-order valence-corrected chi connectivity index (χ1v) is 8.13. The van der Waals surface area contributed by atoms with Crippen molar-refractivity contribution >= 4 is 11.9 Å². The third-order valence-electron chi connectivity index (χ3n) is 4.59. The summed E-state index contributed by atoms with van der Waals surface area (Å²) in [5.74, 6) is -0.357. The van der Waals surface area contributed by atoms with Gasteiger partial charge in [0.2, 0.25) is 5.91 Å². The molecule has 5 heteroatoms. The van der Waals surface area contributed by atoms with E-state index in [2.05, 4.69) is 5.32 Å². The molecule has 1 atom stereocenters. The molecule has 1 aromatic rings. The largest absolute Gasteiger partial charge is 0.497 e. The smallest absolute Gasteiger partial charge is 0.306 e. The summed E-state index contributed by atoms with van der Waals surface area (Å²) in [6, 6.07) is 7.21. The van der Waals surface area contributed by atoms with Gasteiger partial charge in [0, 0.05) is 5.92 Å². The van der Waals surface area contributed by atoms with Crippen LogP contribution in [0.25, 0.3) is 0 Å². The Morgan fingerprint density at radius 1 is 1.30 bits per heavy atom. The number of rotatable bonds is 6. The van der Waals surface area contributed by atoms with Crippen molar-refractivity contribution in [1.29, 1.82) is 0 Å². The molecule has 0 aliphatic heterocycles. The highest BCUT2D eigenvalue weighted by Gasteiger charge is 2.34. The van der Waals surface area contributed by atoms with E-state index >= 15 is 0 Å². The van der Waals surface area contributed by atoms with Crippen molar-refractivity contribution in [3.63, 3.8) is 0 Å². The van der Waals surface area contributed by atoms with Gasteiger partial charge in [-0.3, -0.25) is 9.59 Å². The predicted molar refractivity (Wildman–Crippen MR) is 87.3 cm³/mol. The zero-order valence-electron chi connectivity index (χ0n) is 13.8. The molecule has 1 aliphatic carbocycles. The second-order valence-corrected chi connectivity index (χ2v) is 6.46. The lowest BCUT2D eigenvalue weighted by atomic mass is 9.85. The second kappa shape index (κ2) is 7.49. The lowest BCUT2D eigenvalue weighted by Crippen LogP contribution is -2.47. The number of amides is 1. The molecule has 1 saturated carbocycles. The maximum absolute atomic E-state index is 12.6. The molecule has 1 fully saturated rings. The van der Waals surface area contributed by atoms with Gasteiger partial charge in [0.05, 0.1) is 19.1 Å². The van der Waals surface area contributed by atoms with E-state index in [0.29, 0.717) is 5.75 Å². The zero-order chi connectivity index (χ0) is 16.9. The zero-order valence-corrected chi connectivity index (χ0v) is 13.8. The average molecular weight is 319 g/mol. The summed E-state index contributed by atoms with van der Waals surface area (Å²) >= 11 is 0. The quantitative estimate of drug-likeness (QED) is 0.845. The number of aliphatic carboxylic acids is 1. The van der Waals surface area contributed by atoms with Crippen LogP contribution in [0, 0.1) is 5.92 Å². The van der Waals surface area contributed by atoms with Crippen molar-refractivity contribution in [2.45, 2.75) is 51.0 Å². The van der Waals surface area contributed by atoms with Crippen LogP contribution in [0.15, 0.2) is 24.3 Å². The molecule has 2 rings (SSSR count). The van der Waals surface area contributed by atoms with Crippen LogP contribution in [0.5, 0.6) is 5.75 Å². The number of benzene rings is 1. The van der Waals surface area contributed by atoms with E-state index in [4.69, 9.17) is 4.74 Å². The number of carboxylic acid groups (broad SMARTS) is 1. The molecular formula is C18H25NO4. The van der Waals surface area contributed by atoms with E-state index in [1.807, 2.05) is 6.07 Å². The Balaban J connectivity index is 2.23. The third kappa shape index (κ3) is 4.47. The van der Waals surface area contributed by atoms with Gasteiger partial charge in [0.1, 0.15) is 5.75 Å². The highest BCUT2D eigenvalue weighted by atomic mass is 16.5. The van der Waals surface area contributed by atoms with Gasteiger partial charge in [-0.25, -0.2) is 0 Å². The average Bonchev–Trinajstić information content (AvgIpc) is 2.55. The summed E-state index contributed by atoms with van der Waals surface area (Å²) in [6.07, 6.45) is 4.89. The molecular weight excluding hydrogens is 294 g/mol. The van der Waals surface area contributed by atoms with Crippen molar-refractivity contribution in [2.24, 2.45) is 5.92 Å². The minimum Gasteiger partial charge on any atom is -0.497 e. The van der Waals surface area contributed by atoms with Crippen LogP contribution in [-0.4, -0.2) is 24.1 Å². The van der Waals surface area contributed by atoms with Crippen LogP contribution in [0.3, 0.4) is 0 Å². The molecule has 23 heavy (non-hydrogen) atoms. The number of ether oxygens (including phenoxy) is 1. The molecule has 2 N–H and O–H groups in total. The lowest BCUT2D eigenvalue weighted by Gasteiger charge is -2.33. The van der Waals surface area contributed by atoms with E-state index in [1.54, 1.807) is 32.2 Å². The van der Waals surface area contributed by atoms with Crippen LogP contribution >= 0.6 is 0 Å². The summed E-state index contributed by atoms with van der Waals surface area (Å²) < 4.78 is 5.22. The van der Waals surface area contributed by atoms with Gasteiger partial charge in [-0.15, -0.1) is 0 Å². The summed E-state index contributed by atoms with van der Waals surface area (Å²) in [5.41, 5.74) is -0.210. The number of hydrogen-bond donors (Lipinski definition) is 2. The molecule has 1 aromatic carbocycles. The highest BCUT2D eigenvalue weighted by Crippen LogP contribution is 2.30. The van der Waals surface area contributed by atoms with Gasteiger partial charge in [-0.2, -0.15) is 0 Å². The van der Waals surface area contributed by atoms with Crippen molar-refractivity contribution in [3.8, 4) is 5.75 Å². The number of carbonyl (C=O) groups excluding carboxylic acids is 1. The maximum atomic E-state index is 12.6. The molecule has 0 spiro atoms. The fourth-order valence-corrected chi connectivity index (χ4v) is 3.23. The summed E-state index contributed by atoms with van der Waals surface area (Å²) in [5, 5.41) is 12.3. The molecule has 0 radical (unpaired) electrons. The molecule has 1 amide bonds. The van der Waals surface area contributed by atoms with E-state index < -0.39 is 11.5 Å². The minimum absolute atomic E-state index is 0.0116. The Hall–Kier alpha value is -2.04.